The van der Waals surface area contributed by atoms with E-state index in [1.165, 1.54) is 30.6 Å². The molecule has 118 valence electrons. The molecule has 2 bridgehead atoms. The fourth-order valence-electron chi connectivity index (χ4n) is 3.61. The van der Waals surface area contributed by atoms with Gasteiger partial charge in [0.1, 0.15) is 0 Å². The second-order valence-electron chi connectivity index (χ2n) is 6.15. The zero-order valence-electron chi connectivity index (χ0n) is 12.3. The van der Waals surface area contributed by atoms with E-state index in [0.29, 0.717) is 23.5 Å². The number of hydrogen-bond acceptors (Lipinski definition) is 5. The molecule has 2 aliphatic heterocycles. The predicted octanol–water partition coefficient (Wildman–Crippen LogP) is 1.50. The highest BCUT2D eigenvalue weighted by Gasteiger charge is 2.37. The molecular formula is C14H23N3O2S2. The number of nitrogens with zero attached hydrogens (tertiary/aromatic N) is 1. The summed E-state index contributed by atoms with van der Waals surface area (Å²) in [6.07, 6.45) is 5.46. The molecule has 0 aliphatic carbocycles. The Morgan fingerprint density at radius 3 is 2.62 bits per heavy atom. The first-order valence-corrected chi connectivity index (χ1v) is 9.87. The van der Waals surface area contributed by atoms with Crippen LogP contribution in [-0.2, 0) is 16.6 Å². The summed E-state index contributed by atoms with van der Waals surface area (Å²) < 4.78 is 27.9. The Balaban J connectivity index is 1.71. The van der Waals surface area contributed by atoms with Crippen LogP contribution in [-0.4, -0.2) is 38.5 Å². The minimum Gasteiger partial charge on any atom is -0.326 e. The van der Waals surface area contributed by atoms with E-state index in [0.717, 1.165) is 17.7 Å². The fraction of sp³-hybridized carbons (Fsp3) is 0.714. The Morgan fingerprint density at radius 1 is 1.38 bits per heavy atom. The SMILES string of the molecule is CN1C2CCCC1CC(NS(=O)(=O)c1csc(CN)c1)C2. The van der Waals surface area contributed by atoms with Gasteiger partial charge >= 0.3 is 0 Å². The van der Waals surface area contributed by atoms with Crippen LogP contribution in [0.3, 0.4) is 0 Å². The molecule has 2 atom stereocenters. The van der Waals surface area contributed by atoms with E-state index in [2.05, 4.69) is 16.7 Å². The highest BCUT2D eigenvalue weighted by molar-refractivity contribution is 7.89. The summed E-state index contributed by atoms with van der Waals surface area (Å²) >= 11 is 1.40. The number of piperidine rings is 2. The summed E-state index contributed by atoms with van der Waals surface area (Å²) in [5.74, 6) is 0. The van der Waals surface area contributed by atoms with E-state index in [1.807, 2.05) is 0 Å². The molecule has 2 fully saturated rings. The number of nitrogens with two attached hydrogens (primary N) is 1. The average molecular weight is 329 g/mol. The first-order valence-electron chi connectivity index (χ1n) is 7.51. The number of rotatable bonds is 4. The van der Waals surface area contributed by atoms with Crippen molar-refractivity contribution in [2.45, 2.75) is 61.7 Å². The maximum Gasteiger partial charge on any atom is 0.241 e. The largest absolute Gasteiger partial charge is 0.326 e. The Kier molecular flexibility index (Phi) is 4.38. The lowest BCUT2D eigenvalue weighted by Gasteiger charge is -2.47. The van der Waals surface area contributed by atoms with Crippen molar-refractivity contribution in [3.05, 3.63) is 16.3 Å². The van der Waals surface area contributed by atoms with Gasteiger partial charge in [-0.3, -0.25) is 0 Å². The molecule has 3 heterocycles. The quantitative estimate of drug-likeness (QED) is 0.878. The number of hydrogen-bond donors (Lipinski definition) is 2. The molecule has 0 aromatic carbocycles. The maximum absolute atomic E-state index is 12.5. The van der Waals surface area contributed by atoms with Crippen molar-refractivity contribution in [2.24, 2.45) is 5.73 Å². The summed E-state index contributed by atoms with van der Waals surface area (Å²) in [4.78, 5) is 3.69. The summed E-state index contributed by atoms with van der Waals surface area (Å²) in [6, 6.07) is 2.78. The van der Waals surface area contributed by atoms with Gasteiger partial charge in [0.25, 0.3) is 0 Å². The molecular weight excluding hydrogens is 306 g/mol. The molecule has 5 nitrogen and oxygen atoms in total. The van der Waals surface area contributed by atoms with Gasteiger partial charge in [-0.2, -0.15) is 0 Å². The van der Waals surface area contributed by atoms with Gasteiger partial charge in [0, 0.05) is 34.9 Å². The molecule has 3 N–H and O–H groups in total. The Bertz CT molecular complexity index is 585. The highest BCUT2D eigenvalue weighted by Crippen LogP contribution is 2.33. The smallest absolute Gasteiger partial charge is 0.241 e. The Hall–Kier alpha value is -0.470. The van der Waals surface area contributed by atoms with Crippen LogP contribution in [0.15, 0.2) is 16.3 Å². The second kappa shape index (κ2) is 5.96. The van der Waals surface area contributed by atoms with Crippen LogP contribution in [0.1, 0.15) is 37.0 Å². The highest BCUT2D eigenvalue weighted by atomic mass is 32.2. The maximum atomic E-state index is 12.5. The van der Waals surface area contributed by atoms with Gasteiger partial charge in [0.05, 0.1) is 4.90 Å². The molecule has 1 aromatic rings. The number of fused-ring (bicyclic) bond motifs is 2. The van der Waals surface area contributed by atoms with E-state index in [-0.39, 0.29) is 6.04 Å². The van der Waals surface area contributed by atoms with Gasteiger partial charge in [0.15, 0.2) is 0 Å². The van der Waals surface area contributed by atoms with Crippen molar-refractivity contribution in [1.29, 1.82) is 0 Å². The van der Waals surface area contributed by atoms with Crippen molar-refractivity contribution in [3.8, 4) is 0 Å². The van der Waals surface area contributed by atoms with Crippen LogP contribution < -0.4 is 10.5 Å². The van der Waals surface area contributed by atoms with Gasteiger partial charge in [-0.15, -0.1) is 11.3 Å². The summed E-state index contributed by atoms with van der Waals surface area (Å²) in [5, 5.41) is 1.68. The molecule has 2 aliphatic rings. The lowest BCUT2D eigenvalue weighted by Crippen LogP contribution is -2.55. The first kappa shape index (κ1) is 15.4. The van der Waals surface area contributed by atoms with E-state index in [4.69, 9.17) is 5.73 Å². The zero-order chi connectivity index (χ0) is 15.0. The van der Waals surface area contributed by atoms with Crippen LogP contribution in [0.2, 0.25) is 0 Å². The second-order valence-corrected chi connectivity index (χ2v) is 8.86. The Morgan fingerprint density at radius 2 is 2.05 bits per heavy atom. The van der Waals surface area contributed by atoms with E-state index in [1.54, 1.807) is 11.4 Å². The zero-order valence-corrected chi connectivity index (χ0v) is 13.9. The lowest BCUT2D eigenvalue weighted by molar-refractivity contribution is 0.0536. The Labute approximate surface area is 130 Å². The average Bonchev–Trinajstić information content (AvgIpc) is 2.89. The van der Waals surface area contributed by atoms with Crippen molar-refractivity contribution >= 4 is 21.4 Å². The molecule has 0 amide bonds. The minimum atomic E-state index is -3.41. The standard InChI is InChI=1S/C14H23N3O2S2/c1-17-11-3-2-4-12(17)6-10(5-11)16-21(18,19)14-7-13(8-15)20-9-14/h7,9-12,16H,2-6,8,15H2,1H3. The van der Waals surface area contributed by atoms with Crippen molar-refractivity contribution in [1.82, 2.24) is 9.62 Å². The first-order chi connectivity index (χ1) is 9.99. The van der Waals surface area contributed by atoms with Crippen LogP contribution in [0.5, 0.6) is 0 Å². The molecule has 2 unspecified atom stereocenters. The normalized spacial score (nSPS) is 30.5. The van der Waals surface area contributed by atoms with Crippen LogP contribution >= 0.6 is 11.3 Å². The monoisotopic (exact) mass is 329 g/mol. The molecule has 21 heavy (non-hydrogen) atoms. The third-order valence-electron chi connectivity index (χ3n) is 4.80. The van der Waals surface area contributed by atoms with E-state index < -0.39 is 10.0 Å². The van der Waals surface area contributed by atoms with Crippen molar-refractivity contribution < 1.29 is 8.42 Å². The number of thiophene rings is 1. The van der Waals surface area contributed by atoms with E-state index >= 15 is 0 Å². The molecule has 0 radical (unpaired) electrons. The third kappa shape index (κ3) is 3.17. The summed E-state index contributed by atoms with van der Waals surface area (Å²) in [6.45, 7) is 0.387. The number of nitrogens with one attached hydrogen (secondary N) is 1. The van der Waals surface area contributed by atoms with Crippen LogP contribution in [0, 0.1) is 0 Å². The fourth-order valence-corrected chi connectivity index (χ4v) is 6.03. The van der Waals surface area contributed by atoms with Gasteiger partial charge in [-0.25, -0.2) is 13.1 Å². The van der Waals surface area contributed by atoms with Gasteiger partial charge in [-0.1, -0.05) is 6.42 Å². The molecule has 0 saturated carbocycles. The summed E-state index contributed by atoms with van der Waals surface area (Å²) in [7, 11) is -1.24. The van der Waals surface area contributed by atoms with Crippen LogP contribution in [0.25, 0.3) is 0 Å². The van der Waals surface area contributed by atoms with Gasteiger partial charge in [-0.05, 0) is 38.8 Å². The van der Waals surface area contributed by atoms with Gasteiger partial charge in [0.2, 0.25) is 10.0 Å². The van der Waals surface area contributed by atoms with Crippen molar-refractivity contribution in [2.75, 3.05) is 7.05 Å². The third-order valence-corrected chi connectivity index (χ3v) is 7.41. The molecule has 1 aromatic heterocycles. The topological polar surface area (TPSA) is 75.4 Å². The van der Waals surface area contributed by atoms with Gasteiger partial charge < -0.3 is 10.6 Å². The predicted molar refractivity (Wildman–Crippen MR) is 84.7 cm³/mol. The molecule has 3 rings (SSSR count). The molecule has 2 saturated heterocycles. The van der Waals surface area contributed by atoms with E-state index in [9.17, 15) is 8.42 Å². The summed E-state index contributed by atoms with van der Waals surface area (Å²) in [5.41, 5.74) is 5.56. The molecule has 0 spiro atoms. The van der Waals surface area contributed by atoms with Crippen LogP contribution in [0.4, 0.5) is 0 Å². The lowest BCUT2D eigenvalue weighted by atomic mass is 9.83. The molecule has 7 heteroatoms. The minimum absolute atomic E-state index is 0.0581. The van der Waals surface area contributed by atoms with Crippen molar-refractivity contribution in [3.63, 3.8) is 0 Å². The number of sulfonamides is 1.